The van der Waals surface area contributed by atoms with Gasteiger partial charge in [0.05, 0.1) is 0 Å². The predicted molar refractivity (Wildman–Crippen MR) is 81.6 cm³/mol. The van der Waals surface area contributed by atoms with Crippen LogP contribution in [0.1, 0.15) is 26.3 Å². The molecular formula is C13H17ClN4O2S. The third-order valence-electron chi connectivity index (χ3n) is 2.99. The molecule has 0 amide bonds. The summed E-state index contributed by atoms with van der Waals surface area (Å²) in [6.07, 6.45) is 0. The number of nitrogens with two attached hydrogens (primary N) is 1. The summed E-state index contributed by atoms with van der Waals surface area (Å²) >= 11 is 6.13. The van der Waals surface area contributed by atoms with Crippen molar-refractivity contribution in [3.8, 4) is 11.4 Å². The van der Waals surface area contributed by atoms with Gasteiger partial charge in [0.15, 0.2) is 5.82 Å². The van der Waals surface area contributed by atoms with Crippen molar-refractivity contribution in [3.63, 3.8) is 0 Å². The van der Waals surface area contributed by atoms with Crippen LogP contribution in [0, 0.1) is 6.92 Å². The molecule has 0 saturated carbocycles. The zero-order valence-electron chi connectivity index (χ0n) is 12.3. The molecule has 0 radical (unpaired) electrons. The first-order valence-corrected chi connectivity index (χ1v) is 8.19. The van der Waals surface area contributed by atoms with E-state index in [1.165, 1.54) is 4.57 Å². The molecule has 6 nitrogen and oxygen atoms in total. The Bertz CT molecular complexity index is 791. The Morgan fingerprint density at radius 1 is 1.24 bits per heavy atom. The fourth-order valence-electron chi connectivity index (χ4n) is 1.98. The van der Waals surface area contributed by atoms with Crippen LogP contribution >= 0.6 is 11.6 Å². The number of primary sulfonamides is 1. The quantitative estimate of drug-likeness (QED) is 0.915. The van der Waals surface area contributed by atoms with Crippen LogP contribution in [-0.4, -0.2) is 23.2 Å². The Labute approximate surface area is 129 Å². The van der Waals surface area contributed by atoms with Crippen LogP contribution in [0.25, 0.3) is 11.4 Å². The lowest BCUT2D eigenvalue weighted by Crippen LogP contribution is -2.29. The fourth-order valence-corrected chi connectivity index (χ4v) is 2.93. The third-order valence-corrected chi connectivity index (χ3v) is 4.17. The highest BCUT2D eigenvalue weighted by Crippen LogP contribution is 2.29. The van der Waals surface area contributed by atoms with Gasteiger partial charge in [-0.05, 0) is 39.3 Å². The Kier molecular flexibility index (Phi) is 3.86. The number of nitrogens with zero attached hydrogens (tertiary/aromatic N) is 3. The summed E-state index contributed by atoms with van der Waals surface area (Å²) < 4.78 is 24.9. The van der Waals surface area contributed by atoms with E-state index in [0.29, 0.717) is 16.4 Å². The summed E-state index contributed by atoms with van der Waals surface area (Å²) in [7, 11) is -3.97. The maximum atomic E-state index is 11.7. The number of hydrogen-bond acceptors (Lipinski definition) is 4. The Morgan fingerprint density at radius 3 is 2.33 bits per heavy atom. The highest BCUT2D eigenvalue weighted by atomic mass is 35.5. The van der Waals surface area contributed by atoms with Gasteiger partial charge in [0.1, 0.15) is 0 Å². The summed E-state index contributed by atoms with van der Waals surface area (Å²) in [5.41, 5.74) is 1.05. The van der Waals surface area contributed by atoms with Crippen molar-refractivity contribution in [1.29, 1.82) is 0 Å². The van der Waals surface area contributed by atoms with Crippen LogP contribution in [-0.2, 0) is 15.6 Å². The zero-order valence-corrected chi connectivity index (χ0v) is 13.8. The lowest BCUT2D eigenvalue weighted by atomic mass is 10.1. The molecule has 0 atom stereocenters. The molecule has 0 bridgehead atoms. The van der Waals surface area contributed by atoms with E-state index in [4.69, 9.17) is 16.7 Å². The van der Waals surface area contributed by atoms with E-state index in [0.717, 1.165) is 5.56 Å². The monoisotopic (exact) mass is 328 g/mol. The first kappa shape index (κ1) is 15.9. The van der Waals surface area contributed by atoms with Gasteiger partial charge in [-0.3, -0.25) is 4.57 Å². The number of sulfonamides is 1. The lowest BCUT2D eigenvalue weighted by Gasteiger charge is -2.24. The molecule has 0 saturated heterocycles. The minimum absolute atomic E-state index is 0.262. The van der Waals surface area contributed by atoms with E-state index >= 15 is 0 Å². The average Bonchev–Trinajstić information content (AvgIpc) is 2.76. The van der Waals surface area contributed by atoms with Gasteiger partial charge in [-0.25, -0.2) is 13.6 Å². The normalized spacial score (nSPS) is 12.7. The van der Waals surface area contributed by atoms with Gasteiger partial charge in [0.2, 0.25) is 0 Å². The molecule has 0 spiro atoms. The topological polar surface area (TPSA) is 90.9 Å². The molecular weight excluding hydrogens is 312 g/mol. The second-order valence-electron chi connectivity index (χ2n) is 5.82. The van der Waals surface area contributed by atoms with Crippen LogP contribution in [0.3, 0.4) is 0 Å². The number of rotatable bonds is 2. The minimum atomic E-state index is -3.97. The number of hydrogen-bond donors (Lipinski definition) is 1. The molecule has 1 aromatic carbocycles. The van der Waals surface area contributed by atoms with E-state index < -0.39 is 15.6 Å². The number of halogens is 1. The minimum Gasteiger partial charge on any atom is -0.291 e. The van der Waals surface area contributed by atoms with Crippen LogP contribution in [0.2, 0.25) is 5.02 Å². The van der Waals surface area contributed by atoms with Gasteiger partial charge >= 0.3 is 0 Å². The van der Waals surface area contributed by atoms with Gasteiger partial charge in [0, 0.05) is 16.1 Å². The number of aryl methyl sites for hydroxylation is 1. The summed E-state index contributed by atoms with van der Waals surface area (Å²) in [5, 5.41) is 13.3. The Hall–Kier alpha value is -1.44. The molecule has 1 heterocycles. The summed E-state index contributed by atoms with van der Waals surface area (Å²) in [5.74, 6) is 0.411. The molecule has 0 aliphatic carbocycles. The van der Waals surface area contributed by atoms with Gasteiger partial charge in [-0.2, -0.15) is 0 Å². The maximum absolute atomic E-state index is 11.7. The van der Waals surface area contributed by atoms with Crippen molar-refractivity contribution < 1.29 is 8.42 Å². The average molecular weight is 329 g/mol. The van der Waals surface area contributed by atoms with Gasteiger partial charge < -0.3 is 0 Å². The van der Waals surface area contributed by atoms with Crippen molar-refractivity contribution in [3.05, 3.63) is 28.8 Å². The second-order valence-corrected chi connectivity index (χ2v) is 7.68. The van der Waals surface area contributed by atoms with Gasteiger partial charge in [-0.1, -0.05) is 23.7 Å². The lowest BCUT2D eigenvalue weighted by molar-refractivity contribution is 0.366. The van der Waals surface area contributed by atoms with E-state index in [1.54, 1.807) is 6.07 Å². The van der Waals surface area contributed by atoms with Crippen LogP contribution in [0.4, 0.5) is 0 Å². The fraction of sp³-hybridized carbons (Fsp3) is 0.385. The molecule has 0 aliphatic rings. The van der Waals surface area contributed by atoms with E-state index in [2.05, 4.69) is 10.2 Å². The van der Waals surface area contributed by atoms with Crippen molar-refractivity contribution in [2.24, 2.45) is 5.14 Å². The van der Waals surface area contributed by atoms with Crippen molar-refractivity contribution in [2.45, 2.75) is 38.4 Å². The second kappa shape index (κ2) is 5.08. The van der Waals surface area contributed by atoms with E-state index in [1.807, 2.05) is 39.8 Å². The summed E-state index contributed by atoms with van der Waals surface area (Å²) in [6.45, 7) is 7.44. The van der Waals surface area contributed by atoms with Crippen molar-refractivity contribution >= 4 is 21.6 Å². The molecule has 0 aliphatic heterocycles. The molecule has 8 heteroatoms. The Morgan fingerprint density at radius 2 is 1.86 bits per heavy atom. The summed E-state index contributed by atoms with van der Waals surface area (Å²) in [4.78, 5) is 0. The molecule has 2 rings (SSSR count). The van der Waals surface area contributed by atoms with E-state index in [-0.39, 0.29) is 5.16 Å². The largest absolute Gasteiger partial charge is 0.291 e. The van der Waals surface area contributed by atoms with Crippen molar-refractivity contribution in [1.82, 2.24) is 14.8 Å². The molecule has 0 unspecified atom stereocenters. The highest BCUT2D eigenvalue weighted by molar-refractivity contribution is 7.89. The molecule has 0 fully saturated rings. The smallest absolute Gasteiger partial charge is 0.273 e. The number of aromatic nitrogens is 3. The standard InChI is InChI=1S/C13H17ClN4O2S/c1-8-5-6-9(7-10(8)14)11-16-17-12(21(15,19)20)18(11)13(2,3)4/h5-7H,1-4H3,(H2,15,19,20). The zero-order chi connectivity index (χ0) is 16.0. The predicted octanol–water partition coefficient (Wildman–Crippen LogP) is 2.31. The first-order valence-electron chi connectivity index (χ1n) is 6.27. The highest BCUT2D eigenvalue weighted by Gasteiger charge is 2.29. The SMILES string of the molecule is Cc1ccc(-c2nnc(S(N)(=O)=O)n2C(C)(C)C)cc1Cl. The third kappa shape index (κ3) is 3.09. The molecule has 21 heavy (non-hydrogen) atoms. The van der Waals surface area contributed by atoms with Gasteiger partial charge in [0.25, 0.3) is 15.2 Å². The van der Waals surface area contributed by atoms with Crippen LogP contribution < -0.4 is 5.14 Å². The summed E-state index contributed by atoms with van der Waals surface area (Å²) in [6, 6.07) is 5.40. The first-order chi connectivity index (χ1) is 9.51. The van der Waals surface area contributed by atoms with Crippen LogP contribution in [0.15, 0.2) is 23.4 Å². The van der Waals surface area contributed by atoms with E-state index in [9.17, 15) is 8.42 Å². The molecule has 1 aromatic heterocycles. The number of benzene rings is 1. The Balaban J connectivity index is 2.76. The maximum Gasteiger partial charge on any atom is 0.273 e. The van der Waals surface area contributed by atoms with Gasteiger partial charge in [-0.15, -0.1) is 10.2 Å². The van der Waals surface area contributed by atoms with Crippen molar-refractivity contribution in [2.75, 3.05) is 0 Å². The molecule has 2 aromatic rings. The molecule has 2 N–H and O–H groups in total. The molecule has 114 valence electrons. The van der Waals surface area contributed by atoms with Crippen LogP contribution in [0.5, 0.6) is 0 Å².